The molecule has 0 unspecified atom stereocenters. The van der Waals surface area contributed by atoms with Crippen LogP contribution in [0.25, 0.3) is 0 Å². The molecule has 0 rings (SSSR count). The van der Waals surface area contributed by atoms with Gasteiger partial charge in [0.15, 0.2) is 0 Å². The third-order valence-corrected chi connectivity index (χ3v) is 8.71. The van der Waals surface area contributed by atoms with Gasteiger partial charge in [0.05, 0.1) is 0 Å². The molecule has 0 saturated heterocycles. The van der Waals surface area contributed by atoms with Crippen LogP contribution in [0.15, 0.2) is 38.0 Å². The second-order valence-corrected chi connectivity index (χ2v) is 10.0. The van der Waals surface area contributed by atoms with Crippen LogP contribution in [0, 0.1) is 0 Å². The third kappa shape index (κ3) is 8.52. The first kappa shape index (κ1) is 14.2. The largest absolute Gasteiger partial charge is 0 e. The van der Waals surface area contributed by atoms with Crippen molar-refractivity contribution in [1.29, 1.82) is 0 Å². The van der Waals surface area contributed by atoms with Crippen molar-refractivity contribution in [1.82, 2.24) is 0 Å². The van der Waals surface area contributed by atoms with E-state index in [-0.39, 0.29) is 18.9 Å². The summed E-state index contributed by atoms with van der Waals surface area (Å²) < 4.78 is 3.79. The molecule has 0 amide bonds. The van der Waals surface area contributed by atoms with Crippen molar-refractivity contribution < 1.29 is 0 Å². The van der Waals surface area contributed by atoms with Gasteiger partial charge in [-0.05, 0) is 0 Å². The van der Waals surface area contributed by atoms with Crippen molar-refractivity contribution in [3.8, 4) is 0 Å². The summed E-state index contributed by atoms with van der Waals surface area (Å²) in [4.78, 5) is 0. The van der Waals surface area contributed by atoms with Crippen molar-refractivity contribution in [2.75, 3.05) is 0 Å². The van der Waals surface area contributed by atoms with Crippen molar-refractivity contribution >= 4 is 38.6 Å². The molecule has 0 spiro atoms. The number of hydrogen-bond acceptors (Lipinski definition) is 0. The van der Waals surface area contributed by atoms with Gasteiger partial charge in [-0.1, -0.05) is 0 Å². The monoisotopic (exact) mass is 250 g/mol. The number of allylic oxidation sites excluding steroid dienone is 3. The zero-order valence-corrected chi connectivity index (χ0v) is 10.3. The fourth-order valence-corrected chi connectivity index (χ4v) is 5.78. The Kier molecular flexibility index (Phi) is 13.7. The van der Waals surface area contributed by atoms with E-state index < -0.39 is 19.8 Å². The molecule has 2 heteroatoms. The summed E-state index contributed by atoms with van der Waals surface area (Å²) >= 11 is -1.11. The van der Waals surface area contributed by atoms with Crippen molar-refractivity contribution in [3.63, 3.8) is 0 Å². The molecule has 0 aliphatic heterocycles. The maximum Gasteiger partial charge on any atom is 0 e. The standard InChI is InChI=1S/3C3H5.Li.Sn/c3*1-3-2;;/h3*3H,1-2H2;;. The van der Waals surface area contributed by atoms with Gasteiger partial charge in [-0.3, -0.25) is 0 Å². The Hall–Kier alpha value is 0.616. The Bertz CT molecular complexity index is 97.0. The zero-order chi connectivity index (χ0) is 7.82. The minimum Gasteiger partial charge on any atom is 0 e. The van der Waals surface area contributed by atoms with E-state index in [0.29, 0.717) is 0 Å². The smallest absolute Gasteiger partial charge is 0 e. The van der Waals surface area contributed by atoms with Gasteiger partial charge in [0.25, 0.3) is 0 Å². The van der Waals surface area contributed by atoms with E-state index in [9.17, 15) is 0 Å². The molecule has 0 aliphatic rings. The molecule has 0 aliphatic carbocycles. The minimum atomic E-state index is -1.11. The molecule has 0 atom stereocenters. The van der Waals surface area contributed by atoms with Gasteiger partial charge in [-0.25, -0.2) is 0 Å². The van der Waals surface area contributed by atoms with E-state index in [4.69, 9.17) is 0 Å². The summed E-state index contributed by atoms with van der Waals surface area (Å²) in [5.41, 5.74) is 0. The van der Waals surface area contributed by atoms with E-state index in [2.05, 4.69) is 19.7 Å². The van der Waals surface area contributed by atoms with E-state index in [1.165, 1.54) is 13.3 Å². The van der Waals surface area contributed by atoms with Crippen LogP contribution in [-0.2, 0) is 0 Å². The fraction of sp³-hybridized carbons (Fsp3) is 0.333. The zero-order valence-electron chi connectivity index (χ0n) is 7.47. The number of rotatable bonds is 6. The SMILES string of the molecule is C=C[CH2][Sn]([CH2]C=C)[CH2]C=C.[Li]. The predicted octanol–water partition coefficient (Wildman–Crippen LogP) is 2.66. The minimum absolute atomic E-state index is 0. The van der Waals surface area contributed by atoms with E-state index >= 15 is 0 Å². The molecule has 2 radical (unpaired) electrons. The molecule has 0 N–H and O–H groups in total. The molecule has 0 nitrogen and oxygen atoms in total. The van der Waals surface area contributed by atoms with Crippen LogP contribution in [0.2, 0.25) is 13.3 Å². The van der Waals surface area contributed by atoms with Crippen LogP contribution < -0.4 is 0 Å². The first-order chi connectivity index (χ1) is 4.85. The van der Waals surface area contributed by atoms with Gasteiger partial charge in [0.2, 0.25) is 0 Å². The van der Waals surface area contributed by atoms with Crippen LogP contribution in [0.4, 0.5) is 0 Å². The van der Waals surface area contributed by atoms with Gasteiger partial charge in [-0.15, -0.1) is 0 Å². The van der Waals surface area contributed by atoms with Crippen LogP contribution in [-0.4, -0.2) is 38.6 Å². The van der Waals surface area contributed by atoms with E-state index in [1.807, 2.05) is 18.2 Å². The molecule has 11 heavy (non-hydrogen) atoms. The van der Waals surface area contributed by atoms with Gasteiger partial charge in [-0.2, -0.15) is 0 Å². The summed E-state index contributed by atoms with van der Waals surface area (Å²) in [6.07, 6.45) is 6.13. The molecular formula is C9H15LiSn. The second-order valence-electron chi connectivity index (χ2n) is 2.23. The first-order valence-corrected chi connectivity index (χ1v) is 9.56. The maximum atomic E-state index is 3.75. The van der Waals surface area contributed by atoms with E-state index in [0.717, 1.165) is 0 Å². The number of hydrogen-bond donors (Lipinski definition) is 0. The Morgan fingerprint density at radius 1 is 0.818 bits per heavy atom. The molecule has 0 fully saturated rings. The summed E-state index contributed by atoms with van der Waals surface area (Å²) in [7, 11) is 0. The molecule has 0 aromatic carbocycles. The molecule has 56 valence electrons. The normalized spacial score (nSPS) is 8.45. The molecule has 0 saturated carbocycles. The quantitative estimate of drug-likeness (QED) is 0.501. The van der Waals surface area contributed by atoms with Gasteiger partial charge in [0, 0.05) is 18.9 Å². The molecule has 0 bridgehead atoms. The van der Waals surface area contributed by atoms with Crippen molar-refractivity contribution in [2.45, 2.75) is 13.3 Å². The second kappa shape index (κ2) is 10.6. The average Bonchev–Trinajstić information content (AvgIpc) is 1.90. The molecule has 0 heterocycles. The maximum absolute atomic E-state index is 3.75. The van der Waals surface area contributed by atoms with Crippen LogP contribution >= 0.6 is 0 Å². The Morgan fingerprint density at radius 2 is 1.09 bits per heavy atom. The summed E-state index contributed by atoms with van der Waals surface area (Å²) in [5.74, 6) is 0. The topological polar surface area (TPSA) is 0 Å². The Labute approximate surface area is 89.4 Å². The van der Waals surface area contributed by atoms with Gasteiger partial charge in [0.1, 0.15) is 0 Å². The Balaban J connectivity index is 0. The first-order valence-electron chi connectivity index (χ1n) is 3.51. The summed E-state index contributed by atoms with van der Waals surface area (Å²) in [5, 5.41) is 0. The average molecular weight is 249 g/mol. The fourth-order valence-electron chi connectivity index (χ4n) is 0.862. The predicted molar refractivity (Wildman–Crippen MR) is 56.5 cm³/mol. The summed E-state index contributed by atoms with van der Waals surface area (Å²) in [6.45, 7) is 11.2. The van der Waals surface area contributed by atoms with Crippen LogP contribution in [0.5, 0.6) is 0 Å². The van der Waals surface area contributed by atoms with E-state index in [1.54, 1.807) is 0 Å². The Morgan fingerprint density at radius 3 is 1.27 bits per heavy atom. The van der Waals surface area contributed by atoms with Crippen LogP contribution in [0.1, 0.15) is 0 Å². The van der Waals surface area contributed by atoms with Crippen molar-refractivity contribution in [2.24, 2.45) is 0 Å². The van der Waals surface area contributed by atoms with Gasteiger partial charge >= 0.3 is 71.0 Å². The van der Waals surface area contributed by atoms with Gasteiger partial charge < -0.3 is 0 Å². The third-order valence-electron chi connectivity index (χ3n) is 1.30. The molecule has 0 aromatic rings. The molecular weight excluding hydrogens is 234 g/mol. The van der Waals surface area contributed by atoms with Crippen LogP contribution in [0.3, 0.4) is 0 Å². The summed E-state index contributed by atoms with van der Waals surface area (Å²) in [6, 6.07) is 0. The molecule has 0 aromatic heterocycles. The van der Waals surface area contributed by atoms with Crippen molar-refractivity contribution in [3.05, 3.63) is 38.0 Å².